The number of carboxylic acid groups (broad SMARTS) is 1. The molecule has 3 N–H and O–H groups in total. The van der Waals surface area contributed by atoms with Gasteiger partial charge < -0.3 is 10.8 Å². The topological polar surface area (TPSA) is 63.3 Å². The Hall–Kier alpha value is -2.55. The number of anilines is 1. The summed E-state index contributed by atoms with van der Waals surface area (Å²) >= 11 is 0. The Morgan fingerprint density at radius 2 is 1.61 bits per heavy atom. The van der Waals surface area contributed by atoms with E-state index in [0.29, 0.717) is 16.8 Å². The van der Waals surface area contributed by atoms with Gasteiger partial charge in [0.1, 0.15) is 0 Å². The van der Waals surface area contributed by atoms with Crippen LogP contribution in [-0.2, 0) is 4.79 Å². The zero-order chi connectivity index (χ0) is 13.0. The third kappa shape index (κ3) is 2.58. The molecule has 0 spiro atoms. The van der Waals surface area contributed by atoms with Gasteiger partial charge >= 0.3 is 5.97 Å². The Bertz CT molecular complexity index is 588. The quantitative estimate of drug-likeness (QED) is 0.491. The van der Waals surface area contributed by atoms with Crippen LogP contribution in [0.4, 0.5) is 5.69 Å². The maximum atomic E-state index is 11.3. The Morgan fingerprint density at radius 3 is 2.22 bits per heavy atom. The van der Waals surface area contributed by atoms with E-state index in [1.54, 1.807) is 42.5 Å². The molecule has 0 fully saturated rings. The van der Waals surface area contributed by atoms with Crippen molar-refractivity contribution in [3.05, 3.63) is 65.7 Å². The lowest BCUT2D eigenvalue weighted by molar-refractivity contribution is -0.130. The predicted molar refractivity (Wildman–Crippen MR) is 72.8 cm³/mol. The van der Waals surface area contributed by atoms with Gasteiger partial charge in [0.2, 0.25) is 0 Å². The second kappa shape index (κ2) is 5.19. The summed E-state index contributed by atoms with van der Waals surface area (Å²) in [6, 6.07) is 16.2. The van der Waals surface area contributed by atoms with Gasteiger partial charge in [-0.25, -0.2) is 4.79 Å². The lowest BCUT2D eigenvalue weighted by Gasteiger charge is -2.04. The van der Waals surface area contributed by atoms with Crippen LogP contribution in [0, 0.1) is 0 Å². The molecule has 18 heavy (non-hydrogen) atoms. The minimum Gasteiger partial charge on any atom is -0.478 e. The number of carbonyl (C=O) groups is 1. The van der Waals surface area contributed by atoms with Gasteiger partial charge in [-0.15, -0.1) is 0 Å². The Balaban J connectivity index is 2.50. The van der Waals surface area contributed by atoms with Gasteiger partial charge in [0.05, 0.1) is 5.57 Å². The van der Waals surface area contributed by atoms with Crippen LogP contribution in [0.5, 0.6) is 0 Å². The van der Waals surface area contributed by atoms with Crippen molar-refractivity contribution >= 4 is 23.3 Å². The van der Waals surface area contributed by atoms with Gasteiger partial charge in [-0.3, -0.25) is 0 Å². The first-order chi connectivity index (χ1) is 8.68. The van der Waals surface area contributed by atoms with Crippen LogP contribution in [0.15, 0.2) is 54.6 Å². The van der Waals surface area contributed by atoms with Crippen molar-refractivity contribution in [2.24, 2.45) is 0 Å². The Kier molecular flexibility index (Phi) is 3.44. The molecule has 0 heterocycles. The first-order valence-corrected chi connectivity index (χ1v) is 5.53. The lowest BCUT2D eigenvalue weighted by atomic mass is 10.0. The molecule has 90 valence electrons. The second-order valence-corrected chi connectivity index (χ2v) is 3.86. The van der Waals surface area contributed by atoms with Crippen LogP contribution in [0.1, 0.15) is 11.1 Å². The molecular weight excluding hydrogens is 226 g/mol. The van der Waals surface area contributed by atoms with Crippen molar-refractivity contribution in [1.29, 1.82) is 0 Å². The fourth-order valence-electron chi connectivity index (χ4n) is 1.68. The van der Waals surface area contributed by atoms with E-state index in [1.807, 2.05) is 18.2 Å². The standard InChI is InChI=1S/C15H13NO2/c16-14-9-5-4-8-12(14)10-13(15(17)18)11-6-2-1-3-7-11/h1-10H,16H2,(H,17,18). The van der Waals surface area contributed by atoms with Crippen molar-refractivity contribution in [3.8, 4) is 0 Å². The molecule has 0 aromatic heterocycles. The van der Waals surface area contributed by atoms with Gasteiger partial charge in [0, 0.05) is 5.69 Å². The summed E-state index contributed by atoms with van der Waals surface area (Å²) in [5.74, 6) is -0.968. The van der Waals surface area contributed by atoms with E-state index in [-0.39, 0.29) is 5.57 Å². The van der Waals surface area contributed by atoms with Gasteiger partial charge in [0.15, 0.2) is 0 Å². The van der Waals surface area contributed by atoms with Crippen molar-refractivity contribution < 1.29 is 9.90 Å². The van der Waals surface area contributed by atoms with Crippen LogP contribution in [-0.4, -0.2) is 11.1 Å². The van der Waals surface area contributed by atoms with Crippen LogP contribution in [0.3, 0.4) is 0 Å². The van der Waals surface area contributed by atoms with Crippen LogP contribution in [0.25, 0.3) is 11.6 Å². The molecule has 0 radical (unpaired) electrons. The predicted octanol–water partition coefficient (Wildman–Crippen LogP) is 2.89. The van der Waals surface area contributed by atoms with E-state index in [2.05, 4.69) is 0 Å². The third-order valence-corrected chi connectivity index (χ3v) is 2.61. The second-order valence-electron chi connectivity index (χ2n) is 3.86. The molecule has 0 amide bonds. The molecule has 3 heteroatoms. The number of nitrogen functional groups attached to an aromatic ring is 1. The highest BCUT2D eigenvalue weighted by molar-refractivity contribution is 6.20. The molecule has 0 saturated heterocycles. The number of nitrogens with two attached hydrogens (primary N) is 1. The highest BCUT2D eigenvalue weighted by atomic mass is 16.4. The van der Waals surface area contributed by atoms with Crippen molar-refractivity contribution in [2.75, 3.05) is 5.73 Å². The largest absolute Gasteiger partial charge is 0.478 e. The maximum absolute atomic E-state index is 11.3. The number of aliphatic carboxylic acids is 1. The van der Waals surface area contributed by atoms with E-state index >= 15 is 0 Å². The Labute approximate surface area is 105 Å². The number of para-hydroxylation sites is 1. The first kappa shape index (κ1) is 11.9. The molecule has 2 aromatic rings. The van der Waals surface area contributed by atoms with Crippen molar-refractivity contribution in [3.63, 3.8) is 0 Å². The van der Waals surface area contributed by atoms with Crippen molar-refractivity contribution in [2.45, 2.75) is 0 Å². The molecule has 0 saturated carbocycles. The highest BCUT2D eigenvalue weighted by Crippen LogP contribution is 2.21. The maximum Gasteiger partial charge on any atom is 0.336 e. The van der Waals surface area contributed by atoms with Crippen LogP contribution < -0.4 is 5.73 Å². The normalized spacial score (nSPS) is 11.2. The van der Waals surface area contributed by atoms with Gasteiger partial charge in [-0.1, -0.05) is 48.5 Å². The van der Waals surface area contributed by atoms with Gasteiger partial charge in [-0.2, -0.15) is 0 Å². The van der Waals surface area contributed by atoms with E-state index in [9.17, 15) is 9.90 Å². The fraction of sp³-hybridized carbons (Fsp3) is 0. The third-order valence-electron chi connectivity index (χ3n) is 2.61. The van der Waals surface area contributed by atoms with Crippen LogP contribution in [0.2, 0.25) is 0 Å². The van der Waals surface area contributed by atoms with E-state index in [4.69, 9.17) is 5.73 Å². The molecule has 0 atom stereocenters. The summed E-state index contributed by atoms with van der Waals surface area (Å²) < 4.78 is 0. The van der Waals surface area contributed by atoms with Gasteiger partial charge in [-0.05, 0) is 23.3 Å². The number of hydrogen-bond donors (Lipinski definition) is 2. The molecule has 0 aliphatic rings. The van der Waals surface area contributed by atoms with Gasteiger partial charge in [0.25, 0.3) is 0 Å². The molecule has 0 aliphatic heterocycles. The smallest absolute Gasteiger partial charge is 0.336 e. The molecular formula is C15H13NO2. The zero-order valence-corrected chi connectivity index (χ0v) is 9.71. The average molecular weight is 239 g/mol. The van der Waals surface area contributed by atoms with E-state index < -0.39 is 5.97 Å². The molecule has 0 bridgehead atoms. The van der Waals surface area contributed by atoms with E-state index in [0.717, 1.165) is 0 Å². The molecule has 2 aromatic carbocycles. The summed E-state index contributed by atoms with van der Waals surface area (Å²) in [4.78, 5) is 11.3. The molecule has 0 unspecified atom stereocenters. The summed E-state index contributed by atoms with van der Waals surface area (Å²) in [7, 11) is 0. The van der Waals surface area contributed by atoms with Crippen LogP contribution >= 0.6 is 0 Å². The molecule has 3 nitrogen and oxygen atoms in total. The minimum absolute atomic E-state index is 0.230. The number of carboxylic acids is 1. The number of hydrogen-bond acceptors (Lipinski definition) is 2. The zero-order valence-electron chi connectivity index (χ0n) is 9.71. The monoisotopic (exact) mass is 239 g/mol. The highest BCUT2D eigenvalue weighted by Gasteiger charge is 2.10. The summed E-state index contributed by atoms with van der Waals surface area (Å²) in [6.45, 7) is 0. The lowest BCUT2D eigenvalue weighted by Crippen LogP contribution is -2.00. The summed E-state index contributed by atoms with van der Waals surface area (Å²) in [5.41, 5.74) is 7.97. The minimum atomic E-state index is -0.968. The number of benzene rings is 2. The summed E-state index contributed by atoms with van der Waals surface area (Å²) in [6.07, 6.45) is 1.59. The summed E-state index contributed by atoms with van der Waals surface area (Å²) in [5, 5.41) is 9.27. The first-order valence-electron chi connectivity index (χ1n) is 5.53. The fourth-order valence-corrected chi connectivity index (χ4v) is 1.68. The molecule has 2 rings (SSSR count). The SMILES string of the molecule is Nc1ccccc1C=C(C(=O)O)c1ccccc1. The Morgan fingerprint density at radius 1 is 1.00 bits per heavy atom. The average Bonchev–Trinajstić information content (AvgIpc) is 2.38. The van der Waals surface area contributed by atoms with Crippen molar-refractivity contribution in [1.82, 2.24) is 0 Å². The van der Waals surface area contributed by atoms with E-state index in [1.165, 1.54) is 0 Å². The number of rotatable bonds is 3. The molecule has 0 aliphatic carbocycles.